The number of anilines is 1. The molecule has 0 unspecified atom stereocenters. The summed E-state index contributed by atoms with van der Waals surface area (Å²) in [7, 11) is 0. The summed E-state index contributed by atoms with van der Waals surface area (Å²) >= 11 is 11.5. The summed E-state index contributed by atoms with van der Waals surface area (Å²) in [6, 6.07) is 8.77. The van der Waals surface area contributed by atoms with Crippen LogP contribution in [-0.2, 0) is 6.42 Å². The maximum absolute atomic E-state index is 13.6. The van der Waals surface area contributed by atoms with Crippen molar-refractivity contribution in [3.63, 3.8) is 0 Å². The third kappa shape index (κ3) is 3.46. The van der Waals surface area contributed by atoms with Gasteiger partial charge in [-0.05, 0) is 35.9 Å². The topological polar surface area (TPSA) is 43.1 Å². The molecule has 0 aromatic heterocycles. The minimum absolute atomic E-state index is 0.0667. The molecular formula is C14H10Cl2FNO. The Morgan fingerprint density at radius 3 is 2.47 bits per heavy atom. The Kier molecular flexibility index (Phi) is 4.08. The quantitative estimate of drug-likeness (QED) is 0.683. The van der Waals surface area contributed by atoms with E-state index in [0.717, 1.165) is 0 Å². The molecule has 0 fully saturated rings. The van der Waals surface area contributed by atoms with E-state index in [1.54, 1.807) is 12.1 Å². The number of nitrogen functional groups attached to an aromatic ring is 1. The maximum atomic E-state index is 13.6. The molecule has 0 saturated heterocycles. The molecule has 2 nitrogen and oxygen atoms in total. The summed E-state index contributed by atoms with van der Waals surface area (Å²) in [5.74, 6) is -0.758. The zero-order chi connectivity index (χ0) is 14.0. The normalized spacial score (nSPS) is 10.5. The molecule has 0 aliphatic carbocycles. The molecule has 0 heterocycles. The van der Waals surface area contributed by atoms with Crippen molar-refractivity contribution < 1.29 is 9.18 Å². The number of benzene rings is 2. The van der Waals surface area contributed by atoms with Gasteiger partial charge in [-0.3, -0.25) is 4.79 Å². The van der Waals surface area contributed by atoms with Crippen LogP contribution in [-0.4, -0.2) is 5.78 Å². The molecule has 98 valence electrons. The number of carbonyl (C=O) groups excluding carboxylic acids is 1. The van der Waals surface area contributed by atoms with Crippen molar-refractivity contribution in [2.75, 3.05) is 5.73 Å². The number of carbonyl (C=O) groups is 1. The van der Waals surface area contributed by atoms with Crippen LogP contribution in [0, 0.1) is 5.82 Å². The Morgan fingerprint density at radius 2 is 1.84 bits per heavy atom. The van der Waals surface area contributed by atoms with Crippen LogP contribution in [0.3, 0.4) is 0 Å². The van der Waals surface area contributed by atoms with Gasteiger partial charge in [-0.1, -0.05) is 29.3 Å². The first kappa shape index (κ1) is 13.8. The van der Waals surface area contributed by atoms with Gasteiger partial charge in [0.25, 0.3) is 0 Å². The van der Waals surface area contributed by atoms with E-state index >= 15 is 0 Å². The first-order valence-electron chi connectivity index (χ1n) is 5.49. The first-order chi connectivity index (χ1) is 8.95. The highest BCUT2D eigenvalue weighted by Crippen LogP contribution is 2.20. The van der Waals surface area contributed by atoms with Crippen LogP contribution in [0.25, 0.3) is 0 Å². The van der Waals surface area contributed by atoms with Gasteiger partial charge in [0.2, 0.25) is 0 Å². The number of Topliss-reactive ketones (excluding diaryl/α,β-unsaturated/α-hetero) is 1. The van der Waals surface area contributed by atoms with Gasteiger partial charge in [-0.15, -0.1) is 0 Å². The molecule has 2 aromatic rings. The summed E-state index contributed by atoms with van der Waals surface area (Å²) < 4.78 is 13.6. The first-order valence-corrected chi connectivity index (χ1v) is 6.24. The highest BCUT2D eigenvalue weighted by atomic mass is 35.5. The van der Waals surface area contributed by atoms with Gasteiger partial charge in [-0.25, -0.2) is 4.39 Å². The molecule has 0 amide bonds. The van der Waals surface area contributed by atoms with Crippen LogP contribution >= 0.6 is 23.2 Å². The van der Waals surface area contributed by atoms with E-state index in [2.05, 4.69) is 0 Å². The highest BCUT2D eigenvalue weighted by molar-refractivity contribution is 6.31. The Labute approximate surface area is 119 Å². The van der Waals surface area contributed by atoms with Crippen molar-refractivity contribution in [3.8, 4) is 0 Å². The van der Waals surface area contributed by atoms with Crippen LogP contribution in [0.5, 0.6) is 0 Å². The van der Waals surface area contributed by atoms with Crippen molar-refractivity contribution in [3.05, 3.63) is 63.4 Å². The fourth-order valence-electron chi connectivity index (χ4n) is 1.71. The monoisotopic (exact) mass is 297 g/mol. The van der Waals surface area contributed by atoms with Gasteiger partial charge in [0.15, 0.2) is 5.78 Å². The summed E-state index contributed by atoms with van der Waals surface area (Å²) in [4.78, 5) is 12.0. The van der Waals surface area contributed by atoms with Crippen molar-refractivity contribution >= 4 is 34.7 Å². The zero-order valence-corrected chi connectivity index (χ0v) is 11.3. The lowest BCUT2D eigenvalue weighted by Gasteiger charge is -2.05. The van der Waals surface area contributed by atoms with E-state index in [1.165, 1.54) is 24.3 Å². The molecule has 2 aromatic carbocycles. The standard InChI is InChI=1S/C14H10Cl2FNO/c15-10-2-1-8(13(17)7-10)5-14(19)9-3-11(16)6-12(18)4-9/h1-4,6-7H,5,18H2. The number of nitrogens with two attached hydrogens (primary N) is 1. The summed E-state index contributed by atoms with van der Waals surface area (Å²) in [5, 5.41) is 0.667. The Hall–Kier alpha value is -1.58. The van der Waals surface area contributed by atoms with Gasteiger partial charge in [0.05, 0.1) is 0 Å². The van der Waals surface area contributed by atoms with E-state index in [4.69, 9.17) is 28.9 Å². The fraction of sp³-hybridized carbons (Fsp3) is 0.0714. The largest absolute Gasteiger partial charge is 0.399 e. The summed E-state index contributed by atoms with van der Waals surface area (Å²) in [6.07, 6.45) is -0.0667. The van der Waals surface area contributed by atoms with Crippen molar-refractivity contribution in [1.82, 2.24) is 0 Å². The molecule has 0 aliphatic heterocycles. The van der Waals surface area contributed by atoms with Crippen LogP contribution in [0.1, 0.15) is 15.9 Å². The minimum Gasteiger partial charge on any atom is -0.399 e. The average molecular weight is 298 g/mol. The molecule has 5 heteroatoms. The van der Waals surface area contributed by atoms with Gasteiger partial charge in [0.1, 0.15) is 5.82 Å². The summed E-state index contributed by atoms with van der Waals surface area (Å²) in [6.45, 7) is 0. The molecule has 0 spiro atoms. The highest BCUT2D eigenvalue weighted by Gasteiger charge is 2.12. The lowest BCUT2D eigenvalue weighted by atomic mass is 10.0. The van der Waals surface area contributed by atoms with Crippen LogP contribution < -0.4 is 5.73 Å². The van der Waals surface area contributed by atoms with Crippen molar-refractivity contribution in [2.24, 2.45) is 0 Å². The fourth-order valence-corrected chi connectivity index (χ4v) is 2.12. The Balaban J connectivity index is 2.25. The smallest absolute Gasteiger partial charge is 0.167 e. The van der Waals surface area contributed by atoms with Gasteiger partial charge in [0, 0.05) is 27.7 Å². The third-order valence-corrected chi connectivity index (χ3v) is 3.06. The predicted octanol–water partition coefficient (Wildman–Crippen LogP) is 4.14. The Morgan fingerprint density at radius 1 is 1.11 bits per heavy atom. The second kappa shape index (κ2) is 5.59. The molecule has 2 N–H and O–H groups in total. The SMILES string of the molecule is Nc1cc(Cl)cc(C(=O)Cc2ccc(Cl)cc2F)c1. The Bertz CT molecular complexity index is 623. The molecular weight excluding hydrogens is 288 g/mol. The zero-order valence-electron chi connectivity index (χ0n) is 9.79. The van der Waals surface area contributed by atoms with E-state index in [0.29, 0.717) is 21.3 Å². The second-order valence-electron chi connectivity index (χ2n) is 4.11. The van der Waals surface area contributed by atoms with Crippen LogP contribution in [0.4, 0.5) is 10.1 Å². The van der Waals surface area contributed by atoms with Crippen LogP contribution in [0.2, 0.25) is 10.0 Å². The molecule has 2 rings (SSSR count). The third-order valence-electron chi connectivity index (χ3n) is 2.61. The number of hydrogen-bond donors (Lipinski definition) is 1. The lowest BCUT2D eigenvalue weighted by molar-refractivity contribution is 0.0992. The van der Waals surface area contributed by atoms with Gasteiger partial charge < -0.3 is 5.73 Å². The van der Waals surface area contributed by atoms with Crippen molar-refractivity contribution in [1.29, 1.82) is 0 Å². The number of halogens is 3. The van der Waals surface area contributed by atoms with E-state index < -0.39 is 5.82 Å². The average Bonchev–Trinajstić information content (AvgIpc) is 2.31. The van der Waals surface area contributed by atoms with E-state index in [1.807, 2.05) is 0 Å². The molecule has 0 radical (unpaired) electrons. The molecule has 0 bridgehead atoms. The molecule has 0 aliphatic rings. The maximum Gasteiger partial charge on any atom is 0.167 e. The van der Waals surface area contributed by atoms with E-state index in [9.17, 15) is 9.18 Å². The number of rotatable bonds is 3. The van der Waals surface area contributed by atoms with Crippen LogP contribution in [0.15, 0.2) is 36.4 Å². The number of hydrogen-bond acceptors (Lipinski definition) is 2. The van der Waals surface area contributed by atoms with E-state index in [-0.39, 0.29) is 17.8 Å². The molecule has 0 atom stereocenters. The molecule has 0 saturated carbocycles. The predicted molar refractivity (Wildman–Crippen MR) is 75.3 cm³/mol. The number of ketones is 1. The van der Waals surface area contributed by atoms with Gasteiger partial charge >= 0.3 is 0 Å². The lowest BCUT2D eigenvalue weighted by Crippen LogP contribution is -2.06. The molecule has 19 heavy (non-hydrogen) atoms. The summed E-state index contributed by atoms with van der Waals surface area (Å²) in [5.41, 5.74) is 6.65. The van der Waals surface area contributed by atoms with Crippen molar-refractivity contribution in [2.45, 2.75) is 6.42 Å². The minimum atomic E-state index is -0.504. The second-order valence-corrected chi connectivity index (χ2v) is 4.98. The van der Waals surface area contributed by atoms with Gasteiger partial charge in [-0.2, -0.15) is 0 Å².